The lowest BCUT2D eigenvalue weighted by Gasteiger charge is -2.33. The fourth-order valence-electron chi connectivity index (χ4n) is 3.15. The van der Waals surface area contributed by atoms with Gasteiger partial charge in [-0.15, -0.1) is 0 Å². The number of amides is 1. The predicted octanol–water partition coefficient (Wildman–Crippen LogP) is 1.58. The molecular weight excluding hydrogens is 250 g/mol. The molecule has 1 fully saturated rings. The predicted molar refractivity (Wildman–Crippen MR) is 80.9 cm³/mol. The topological polar surface area (TPSA) is 35.6 Å². The number of nitrogens with one attached hydrogen (secondary N) is 1. The average Bonchev–Trinajstić information content (AvgIpc) is 3.01. The van der Waals surface area contributed by atoms with Crippen molar-refractivity contribution in [1.82, 2.24) is 9.80 Å². The second-order valence-electron chi connectivity index (χ2n) is 5.90. The number of carbonyl (C=O) groups is 1. The maximum Gasteiger partial charge on any atom is 0.236 e. The van der Waals surface area contributed by atoms with Crippen LogP contribution in [0, 0.1) is 0 Å². The Morgan fingerprint density at radius 2 is 2.10 bits per heavy atom. The van der Waals surface area contributed by atoms with E-state index in [0.717, 1.165) is 38.9 Å². The van der Waals surface area contributed by atoms with Gasteiger partial charge >= 0.3 is 0 Å². The summed E-state index contributed by atoms with van der Waals surface area (Å²) >= 11 is 0. The number of nitrogens with zero attached hydrogens (tertiary/aromatic N) is 2. The van der Waals surface area contributed by atoms with Gasteiger partial charge in [0.15, 0.2) is 0 Å². The van der Waals surface area contributed by atoms with Crippen LogP contribution in [0.15, 0.2) is 24.3 Å². The highest BCUT2D eigenvalue weighted by molar-refractivity contribution is 5.78. The molecule has 108 valence electrons. The summed E-state index contributed by atoms with van der Waals surface area (Å²) in [4.78, 5) is 16.4. The number of likely N-dealkylation sites (N-methyl/N-ethyl adjacent to an activating group) is 1. The summed E-state index contributed by atoms with van der Waals surface area (Å²) in [6.45, 7) is 3.34. The second-order valence-corrected chi connectivity index (χ2v) is 5.90. The van der Waals surface area contributed by atoms with Crippen molar-refractivity contribution in [2.45, 2.75) is 25.3 Å². The molecule has 1 saturated heterocycles. The van der Waals surface area contributed by atoms with Crippen LogP contribution in [-0.2, 0) is 11.2 Å². The van der Waals surface area contributed by atoms with Crippen LogP contribution >= 0.6 is 0 Å². The molecule has 0 aliphatic carbocycles. The monoisotopic (exact) mass is 273 g/mol. The molecule has 4 nitrogen and oxygen atoms in total. The molecule has 0 saturated carbocycles. The van der Waals surface area contributed by atoms with Gasteiger partial charge in [-0.05, 0) is 37.9 Å². The molecule has 1 amide bonds. The molecule has 2 aliphatic heterocycles. The van der Waals surface area contributed by atoms with Crippen molar-refractivity contribution < 1.29 is 4.79 Å². The average molecular weight is 273 g/mol. The van der Waals surface area contributed by atoms with Gasteiger partial charge in [0.1, 0.15) is 0 Å². The molecule has 0 aromatic heterocycles. The van der Waals surface area contributed by atoms with E-state index >= 15 is 0 Å². The third-order valence-corrected chi connectivity index (χ3v) is 4.47. The van der Waals surface area contributed by atoms with Crippen LogP contribution in [0.25, 0.3) is 0 Å². The van der Waals surface area contributed by atoms with Gasteiger partial charge in [-0.25, -0.2) is 0 Å². The number of para-hydroxylation sites is 1. The smallest absolute Gasteiger partial charge is 0.236 e. The molecule has 1 aromatic rings. The Bertz CT molecular complexity index is 482. The lowest BCUT2D eigenvalue weighted by molar-refractivity contribution is -0.131. The Hall–Kier alpha value is -1.55. The number of likely N-dealkylation sites (tertiary alicyclic amines) is 1. The fraction of sp³-hybridized carbons (Fsp3) is 0.562. The number of rotatable bonds is 3. The molecule has 1 unspecified atom stereocenters. The van der Waals surface area contributed by atoms with Gasteiger partial charge in [-0.1, -0.05) is 18.2 Å². The van der Waals surface area contributed by atoms with Crippen molar-refractivity contribution in [3.8, 4) is 0 Å². The fourth-order valence-corrected chi connectivity index (χ4v) is 3.15. The molecule has 20 heavy (non-hydrogen) atoms. The number of anilines is 1. The second kappa shape index (κ2) is 5.83. The first-order chi connectivity index (χ1) is 9.74. The van der Waals surface area contributed by atoms with Crippen LogP contribution in [0.3, 0.4) is 0 Å². The maximum absolute atomic E-state index is 12.2. The molecule has 2 heterocycles. The van der Waals surface area contributed by atoms with Crippen LogP contribution in [0.2, 0.25) is 0 Å². The minimum Gasteiger partial charge on any atom is -0.383 e. The van der Waals surface area contributed by atoms with Gasteiger partial charge < -0.3 is 10.2 Å². The summed E-state index contributed by atoms with van der Waals surface area (Å²) in [5.74, 6) is 0.281. The van der Waals surface area contributed by atoms with Crippen molar-refractivity contribution in [3.05, 3.63) is 29.8 Å². The molecule has 1 aromatic carbocycles. The summed E-state index contributed by atoms with van der Waals surface area (Å²) in [7, 11) is 2.06. The van der Waals surface area contributed by atoms with E-state index in [4.69, 9.17) is 0 Å². The van der Waals surface area contributed by atoms with Gasteiger partial charge in [0.2, 0.25) is 5.91 Å². The number of benzene rings is 1. The third kappa shape index (κ3) is 2.80. The van der Waals surface area contributed by atoms with Gasteiger partial charge in [-0.3, -0.25) is 9.69 Å². The molecule has 0 spiro atoms. The summed E-state index contributed by atoms with van der Waals surface area (Å²) in [5, 5.41) is 3.47. The summed E-state index contributed by atoms with van der Waals surface area (Å²) < 4.78 is 0. The summed E-state index contributed by atoms with van der Waals surface area (Å²) in [6.07, 6.45) is 3.34. The lowest BCUT2D eigenvalue weighted by Crippen LogP contribution is -2.46. The quantitative estimate of drug-likeness (QED) is 0.908. The first-order valence-corrected chi connectivity index (χ1v) is 7.54. The van der Waals surface area contributed by atoms with Crippen LogP contribution in [0.1, 0.15) is 18.4 Å². The van der Waals surface area contributed by atoms with Crippen LogP contribution in [0.5, 0.6) is 0 Å². The number of fused-ring (bicyclic) bond motifs is 1. The standard InChI is InChI=1S/C16H23N3O/c1-18(12-16(20)19-8-4-5-9-19)14-10-13-6-2-3-7-15(13)17-11-14/h2-3,6-7,14,17H,4-5,8-12H2,1H3. The van der Waals surface area contributed by atoms with Crippen LogP contribution in [-0.4, -0.2) is 55.0 Å². The zero-order valence-electron chi connectivity index (χ0n) is 12.1. The largest absolute Gasteiger partial charge is 0.383 e. The molecule has 1 atom stereocenters. The van der Waals surface area contributed by atoms with E-state index < -0.39 is 0 Å². The van der Waals surface area contributed by atoms with Crippen LogP contribution < -0.4 is 5.32 Å². The molecule has 2 aliphatic rings. The third-order valence-electron chi connectivity index (χ3n) is 4.47. The minimum absolute atomic E-state index is 0.281. The highest BCUT2D eigenvalue weighted by Gasteiger charge is 2.25. The van der Waals surface area contributed by atoms with E-state index in [1.165, 1.54) is 11.3 Å². The van der Waals surface area contributed by atoms with E-state index in [2.05, 4.69) is 41.5 Å². The zero-order valence-corrected chi connectivity index (χ0v) is 12.1. The Morgan fingerprint density at radius 1 is 1.35 bits per heavy atom. The van der Waals surface area contributed by atoms with Crippen LogP contribution in [0.4, 0.5) is 5.69 Å². The molecular formula is C16H23N3O. The highest BCUT2D eigenvalue weighted by Crippen LogP contribution is 2.23. The first kappa shape index (κ1) is 13.4. The number of hydrogen-bond donors (Lipinski definition) is 1. The number of hydrogen-bond acceptors (Lipinski definition) is 3. The van der Waals surface area contributed by atoms with E-state index in [1.807, 2.05) is 4.90 Å². The minimum atomic E-state index is 0.281. The molecule has 3 rings (SSSR count). The van der Waals surface area contributed by atoms with Gasteiger partial charge in [0.25, 0.3) is 0 Å². The Balaban J connectivity index is 1.58. The zero-order chi connectivity index (χ0) is 13.9. The Morgan fingerprint density at radius 3 is 2.90 bits per heavy atom. The Labute approximate surface area is 120 Å². The van der Waals surface area contributed by atoms with Crippen molar-refractivity contribution >= 4 is 11.6 Å². The van der Waals surface area contributed by atoms with Gasteiger partial charge in [-0.2, -0.15) is 0 Å². The van der Waals surface area contributed by atoms with Gasteiger partial charge in [0, 0.05) is 31.4 Å². The van der Waals surface area contributed by atoms with Crippen molar-refractivity contribution in [3.63, 3.8) is 0 Å². The summed E-state index contributed by atoms with van der Waals surface area (Å²) in [5.41, 5.74) is 2.59. The Kier molecular flexibility index (Phi) is 3.92. The molecule has 0 radical (unpaired) electrons. The SMILES string of the molecule is CN(CC(=O)N1CCCC1)C1CNc2ccccc2C1. The first-order valence-electron chi connectivity index (χ1n) is 7.54. The number of carbonyl (C=O) groups excluding carboxylic acids is 1. The van der Waals surface area contributed by atoms with E-state index in [0.29, 0.717) is 12.6 Å². The van der Waals surface area contributed by atoms with E-state index in [9.17, 15) is 4.79 Å². The van der Waals surface area contributed by atoms with Crippen molar-refractivity contribution in [2.75, 3.05) is 38.5 Å². The van der Waals surface area contributed by atoms with Crippen molar-refractivity contribution in [2.24, 2.45) is 0 Å². The highest BCUT2D eigenvalue weighted by atomic mass is 16.2. The lowest BCUT2D eigenvalue weighted by atomic mass is 9.99. The maximum atomic E-state index is 12.2. The summed E-state index contributed by atoms with van der Waals surface area (Å²) in [6, 6.07) is 8.84. The normalized spacial score (nSPS) is 21.7. The molecule has 4 heteroatoms. The van der Waals surface area contributed by atoms with E-state index in [-0.39, 0.29) is 5.91 Å². The molecule has 1 N–H and O–H groups in total. The van der Waals surface area contributed by atoms with Gasteiger partial charge in [0.05, 0.1) is 6.54 Å². The molecule has 0 bridgehead atoms. The van der Waals surface area contributed by atoms with Crippen molar-refractivity contribution in [1.29, 1.82) is 0 Å². The van der Waals surface area contributed by atoms with E-state index in [1.54, 1.807) is 0 Å².